The lowest BCUT2D eigenvalue weighted by atomic mass is 9.67. The Hall–Kier alpha value is -3.59. The summed E-state index contributed by atoms with van der Waals surface area (Å²) in [7, 11) is 0. The van der Waals surface area contributed by atoms with E-state index in [1.165, 1.54) is 30.8 Å². The van der Waals surface area contributed by atoms with E-state index in [-0.39, 0.29) is 23.2 Å². The number of amides is 1. The van der Waals surface area contributed by atoms with Gasteiger partial charge in [0, 0.05) is 18.7 Å². The Labute approximate surface area is 201 Å². The van der Waals surface area contributed by atoms with E-state index < -0.39 is 0 Å². The molecule has 5 N–H and O–H groups in total. The Morgan fingerprint density at radius 3 is 2.71 bits per heavy atom. The highest BCUT2D eigenvalue weighted by molar-refractivity contribution is 6.11. The summed E-state index contributed by atoms with van der Waals surface area (Å²) in [5.74, 6) is 6.21. The van der Waals surface area contributed by atoms with E-state index in [4.69, 9.17) is 16.5 Å². The Morgan fingerprint density at radius 2 is 2.09 bits per heavy atom. The Balaban J connectivity index is 1.88. The number of rotatable bonds is 5. The second kappa shape index (κ2) is 11.0. The first-order chi connectivity index (χ1) is 16.3. The molecule has 178 valence electrons. The molecule has 1 aromatic rings. The lowest BCUT2D eigenvalue weighted by Crippen LogP contribution is -2.37. The van der Waals surface area contributed by atoms with E-state index in [0.29, 0.717) is 17.2 Å². The van der Waals surface area contributed by atoms with Crippen molar-refractivity contribution in [3.63, 3.8) is 0 Å². The average Bonchev–Trinajstić information content (AvgIpc) is 3.12. The smallest absolute Gasteiger partial charge is 0.217 e. The van der Waals surface area contributed by atoms with Crippen LogP contribution in [0.15, 0.2) is 76.6 Å². The van der Waals surface area contributed by atoms with Crippen LogP contribution in [0.25, 0.3) is 0 Å². The molecule has 0 aromatic heterocycles. The number of nitrogens with two attached hydrogens (primary N) is 2. The van der Waals surface area contributed by atoms with Gasteiger partial charge in [-0.2, -0.15) is 0 Å². The number of allylic oxidation sites excluding steroid dienone is 6. The fourth-order valence-electron chi connectivity index (χ4n) is 4.89. The van der Waals surface area contributed by atoms with Crippen molar-refractivity contribution in [2.45, 2.75) is 52.5 Å². The first kappa shape index (κ1) is 25.0. The predicted molar refractivity (Wildman–Crippen MR) is 136 cm³/mol. The van der Waals surface area contributed by atoms with Crippen LogP contribution in [-0.4, -0.2) is 17.7 Å². The molecule has 1 aromatic carbocycles. The van der Waals surface area contributed by atoms with Crippen molar-refractivity contribution in [3.05, 3.63) is 77.4 Å². The van der Waals surface area contributed by atoms with Crippen molar-refractivity contribution in [2.24, 2.45) is 27.8 Å². The van der Waals surface area contributed by atoms with E-state index in [1.807, 2.05) is 19.1 Å². The number of carbonyl (C=O) groups excluding carboxylic acids is 1. The summed E-state index contributed by atoms with van der Waals surface area (Å²) in [6.45, 7) is 5.68. The fraction of sp³-hybridized carbons (Fsp3) is 0.357. The van der Waals surface area contributed by atoms with Crippen molar-refractivity contribution < 1.29 is 9.18 Å². The lowest BCUT2D eigenvalue weighted by molar-refractivity contribution is -0.119. The number of carbonyl (C=O) groups is 1. The fourth-order valence-corrected chi connectivity index (χ4v) is 4.89. The maximum Gasteiger partial charge on any atom is 0.217 e. The number of aliphatic imine (C=N–C) groups is 1. The third kappa shape index (κ3) is 5.85. The van der Waals surface area contributed by atoms with E-state index in [0.717, 1.165) is 37.0 Å². The van der Waals surface area contributed by atoms with E-state index in [9.17, 15) is 9.18 Å². The molecule has 3 atom stereocenters. The maximum absolute atomic E-state index is 13.3. The third-order valence-electron chi connectivity index (χ3n) is 6.69. The molecular weight excluding hydrogens is 427 g/mol. The van der Waals surface area contributed by atoms with Crippen LogP contribution in [0.1, 0.15) is 46.5 Å². The van der Waals surface area contributed by atoms with Crippen molar-refractivity contribution >= 4 is 17.3 Å². The molecule has 0 bridgehead atoms. The summed E-state index contributed by atoms with van der Waals surface area (Å²) in [6, 6.07) is 5.85. The largest absolute Gasteiger partial charge is 0.404 e. The van der Waals surface area contributed by atoms with Gasteiger partial charge in [0.2, 0.25) is 5.91 Å². The Kier molecular flexibility index (Phi) is 8.12. The number of halogens is 1. The van der Waals surface area contributed by atoms with Gasteiger partial charge in [-0.1, -0.05) is 30.4 Å². The van der Waals surface area contributed by atoms with Crippen molar-refractivity contribution in [3.8, 4) is 11.8 Å². The molecule has 0 aliphatic heterocycles. The first-order valence-corrected chi connectivity index (χ1v) is 11.6. The van der Waals surface area contributed by atoms with Crippen LogP contribution in [0.2, 0.25) is 0 Å². The molecule has 6 heteroatoms. The van der Waals surface area contributed by atoms with Gasteiger partial charge in [-0.05, 0) is 92.1 Å². The highest BCUT2D eigenvalue weighted by Crippen LogP contribution is 2.55. The zero-order chi connectivity index (χ0) is 24.7. The van der Waals surface area contributed by atoms with Crippen molar-refractivity contribution in [1.29, 1.82) is 0 Å². The van der Waals surface area contributed by atoms with Crippen LogP contribution in [0, 0.1) is 29.0 Å². The van der Waals surface area contributed by atoms with Crippen LogP contribution in [0.3, 0.4) is 0 Å². The standard InChI is InChI=1S/C28H33FN4O/c1-4-5-20(17-30)6-11-26(32-19(2)34)14-22-7-8-23-15-27(21(18-31)16-28(22,23)3)33-25-12-9-24(29)10-13-25/h4-5,9-10,12-13,15,17-18,22,26H,7-8,14,16,30-31H2,1-3H3,(H,32,34). The number of fused-ring (bicyclic) bond motifs is 1. The van der Waals surface area contributed by atoms with Gasteiger partial charge < -0.3 is 16.8 Å². The predicted octanol–water partition coefficient (Wildman–Crippen LogP) is 4.80. The molecule has 0 radical (unpaired) electrons. The van der Waals surface area contributed by atoms with Gasteiger partial charge in [0.15, 0.2) is 0 Å². The molecule has 1 saturated carbocycles. The highest BCUT2D eigenvalue weighted by Gasteiger charge is 2.46. The summed E-state index contributed by atoms with van der Waals surface area (Å²) >= 11 is 0. The number of hydrogen-bond donors (Lipinski definition) is 3. The van der Waals surface area contributed by atoms with Crippen LogP contribution >= 0.6 is 0 Å². The molecule has 0 saturated heterocycles. The van der Waals surface area contributed by atoms with Gasteiger partial charge in [0.1, 0.15) is 5.82 Å². The van der Waals surface area contributed by atoms with E-state index in [2.05, 4.69) is 30.2 Å². The molecule has 3 unspecified atom stereocenters. The lowest BCUT2D eigenvalue weighted by Gasteiger charge is -2.38. The van der Waals surface area contributed by atoms with Crippen molar-refractivity contribution in [1.82, 2.24) is 5.32 Å². The van der Waals surface area contributed by atoms with Crippen LogP contribution in [0.4, 0.5) is 10.1 Å². The summed E-state index contributed by atoms with van der Waals surface area (Å²) < 4.78 is 13.3. The molecule has 1 amide bonds. The van der Waals surface area contributed by atoms with Gasteiger partial charge in [-0.25, -0.2) is 9.38 Å². The SMILES string of the molecule is CC=CC(C#CC(CC1CCC2=CC(=Nc3ccc(F)cc3)C(=CN)CC21C)NC(C)=O)=CN. The third-order valence-corrected chi connectivity index (χ3v) is 6.69. The van der Waals surface area contributed by atoms with Crippen LogP contribution in [0.5, 0.6) is 0 Å². The second-order valence-corrected chi connectivity index (χ2v) is 9.04. The van der Waals surface area contributed by atoms with Gasteiger partial charge in [0.25, 0.3) is 0 Å². The Morgan fingerprint density at radius 1 is 1.35 bits per heavy atom. The molecule has 0 spiro atoms. The molecule has 34 heavy (non-hydrogen) atoms. The monoisotopic (exact) mass is 460 g/mol. The number of hydrogen-bond acceptors (Lipinski definition) is 4. The summed E-state index contributed by atoms with van der Waals surface area (Å²) in [6.07, 6.45) is 12.4. The zero-order valence-corrected chi connectivity index (χ0v) is 20.1. The van der Waals surface area contributed by atoms with Crippen LogP contribution in [-0.2, 0) is 4.79 Å². The molecule has 3 rings (SSSR count). The van der Waals surface area contributed by atoms with E-state index >= 15 is 0 Å². The molecule has 0 heterocycles. The average molecular weight is 461 g/mol. The number of nitrogens with one attached hydrogen (secondary N) is 1. The van der Waals surface area contributed by atoms with Gasteiger partial charge in [-0.3, -0.25) is 4.79 Å². The highest BCUT2D eigenvalue weighted by atomic mass is 19.1. The topological polar surface area (TPSA) is 93.5 Å². The number of benzene rings is 1. The molecule has 2 aliphatic carbocycles. The number of nitrogens with zero attached hydrogens (tertiary/aromatic N) is 1. The van der Waals surface area contributed by atoms with Gasteiger partial charge >= 0.3 is 0 Å². The maximum atomic E-state index is 13.3. The van der Waals surface area contributed by atoms with Gasteiger partial charge in [-0.15, -0.1) is 0 Å². The Bertz CT molecular complexity index is 1130. The first-order valence-electron chi connectivity index (χ1n) is 11.6. The minimum Gasteiger partial charge on any atom is -0.404 e. The summed E-state index contributed by atoms with van der Waals surface area (Å²) in [4.78, 5) is 16.6. The summed E-state index contributed by atoms with van der Waals surface area (Å²) in [5.41, 5.74) is 16.1. The van der Waals surface area contributed by atoms with Gasteiger partial charge in [0.05, 0.1) is 17.4 Å². The second-order valence-electron chi connectivity index (χ2n) is 9.04. The molecule has 2 aliphatic rings. The molecule has 1 fully saturated rings. The zero-order valence-electron chi connectivity index (χ0n) is 20.1. The quantitative estimate of drug-likeness (QED) is 0.435. The minimum absolute atomic E-state index is 0.0960. The minimum atomic E-state index is -0.289. The van der Waals surface area contributed by atoms with Crippen LogP contribution < -0.4 is 16.8 Å². The normalized spacial score (nSPS) is 25.6. The van der Waals surface area contributed by atoms with Crippen molar-refractivity contribution in [2.75, 3.05) is 0 Å². The molecular formula is C28H33FN4O. The van der Waals surface area contributed by atoms with E-state index in [1.54, 1.807) is 18.3 Å². The summed E-state index contributed by atoms with van der Waals surface area (Å²) in [5, 5.41) is 2.99. The molecule has 5 nitrogen and oxygen atoms in total.